The Morgan fingerprint density at radius 3 is 2.41 bits per heavy atom. The van der Waals surface area contributed by atoms with Gasteiger partial charge in [0.2, 0.25) is 5.91 Å². The zero-order valence-electron chi connectivity index (χ0n) is 19.3. The highest BCUT2D eigenvalue weighted by Crippen LogP contribution is 2.52. The van der Waals surface area contributed by atoms with Crippen molar-refractivity contribution in [1.29, 1.82) is 0 Å². The van der Waals surface area contributed by atoms with E-state index >= 15 is 0 Å². The van der Waals surface area contributed by atoms with Crippen molar-refractivity contribution in [2.24, 2.45) is 0 Å². The van der Waals surface area contributed by atoms with Gasteiger partial charge in [-0.05, 0) is 41.7 Å². The number of amides is 2. The maximum absolute atomic E-state index is 13.0. The summed E-state index contributed by atoms with van der Waals surface area (Å²) in [6, 6.07) is 23.3. The van der Waals surface area contributed by atoms with Crippen LogP contribution in [0.3, 0.4) is 0 Å². The summed E-state index contributed by atoms with van der Waals surface area (Å²) in [4.78, 5) is 32.0. The van der Waals surface area contributed by atoms with Crippen LogP contribution in [0.5, 0.6) is 0 Å². The van der Waals surface area contributed by atoms with Gasteiger partial charge >= 0.3 is 0 Å². The molecule has 2 aromatic carbocycles. The first-order valence-electron chi connectivity index (χ1n) is 11.8. The van der Waals surface area contributed by atoms with Crippen LogP contribution in [0.25, 0.3) is 0 Å². The van der Waals surface area contributed by atoms with Crippen LogP contribution < -0.4 is 5.32 Å². The lowest BCUT2D eigenvalue weighted by molar-refractivity contribution is -0.122. The van der Waals surface area contributed by atoms with E-state index < -0.39 is 0 Å². The number of nitrogens with zero attached hydrogens (tertiary/aromatic N) is 2. The van der Waals surface area contributed by atoms with E-state index in [1.807, 2.05) is 59.5 Å². The maximum Gasteiger partial charge on any atom is 0.272 e. The van der Waals surface area contributed by atoms with Gasteiger partial charge in [-0.25, -0.2) is 0 Å². The van der Waals surface area contributed by atoms with E-state index in [9.17, 15) is 9.59 Å². The highest BCUT2D eigenvalue weighted by atomic mass is 16.5. The first-order valence-corrected chi connectivity index (χ1v) is 11.8. The zero-order valence-corrected chi connectivity index (χ0v) is 19.3. The molecular formula is C28H29N3O3. The minimum atomic E-state index is -0.253. The van der Waals surface area contributed by atoms with Crippen LogP contribution in [0.1, 0.15) is 46.1 Å². The van der Waals surface area contributed by atoms with Gasteiger partial charge in [-0.3, -0.25) is 14.6 Å². The summed E-state index contributed by atoms with van der Waals surface area (Å²) in [7, 11) is 1.72. The number of pyridine rings is 1. The van der Waals surface area contributed by atoms with Gasteiger partial charge in [0.25, 0.3) is 5.91 Å². The number of aromatic nitrogens is 1. The topological polar surface area (TPSA) is 71.5 Å². The fourth-order valence-electron chi connectivity index (χ4n) is 5.69. The number of likely N-dealkylation sites (tertiary alicyclic amines) is 1. The molecule has 0 unspecified atom stereocenters. The summed E-state index contributed by atoms with van der Waals surface area (Å²) in [6.45, 7) is 1.24. The number of carbonyl (C=O) groups excluding carboxylic acids is 2. The average molecular weight is 456 g/mol. The molecule has 5 rings (SSSR count). The first-order chi connectivity index (χ1) is 16.6. The molecule has 2 aliphatic rings. The SMILES string of the molecule is CO[C@H]1[C@H](NC(=O)Cc2ccccc2)c2ccccc2C12CCN(C(=O)c1ccccn1)CC2. The minimum Gasteiger partial charge on any atom is -0.378 e. The maximum atomic E-state index is 13.0. The molecule has 2 atom stereocenters. The van der Waals surface area contributed by atoms with E-state index in [-0.39, 0.29) is 29.4 Å². The number of carbonyl (C=O) groups is 2. The van der Waals surface area contributed by atoms with E-state index in [0.717, 1.165) is 24.0 Å². The van der Waals surface area contributed by atoms with E-state index in [1.54, 1.807) is 19.4 Å². The van der Waals surface area contributed by atoms with Crippen molar-refractivity contribution in [2.75, 3.05) is 20.2 Å². The Kier molecular flexibility index (Phi) is 6.16. The molecular weight excluding hydrogens is 426 g/mol. The fraction of sp³-hybridized carbons (Fsp3) is 0.321. The van der Waals surface area contributed by atoms with Crippen LogP contribution in [0.2, 0.25) is 0 Å². The van der Waals surface area contributed by atoms with Crippen LogP contribution in [-0.4, -0.2) is 48.0 Å². The van der Waals surface area contributed by atoms with Gasteiger partial charge in [0.1, 0.15) is 5.69 Å². The number of benzene rings is 2. The summed E-state index contributed by atoms with van der Waals surface area (Å²) < 4.78 is 6.10. The second-order valence-corrected chi connectivity index (χ2v) is 9.11. The molecule has 1 saturated heterocycles. The minimum absolute atomic E-state index is 0.0205. The number of methoxy groups -OCH3 is 1. The molecule has 1 N–H and O–H groups in total. The third-order valence-corrected chi connectivity index (χ3v) is 7.28. The van der Waals surface area contributed by atoms with Gasteiger partial charge in [0.05, 0.1) is 18.6 Å². The molecule has 0 saturated carbocycles. The molecule has 2 amide bonds. The molecule has 1 aliphatic heterocycles. The largest absolute Gasteiger partial charge is 0.378 e. The van der Waals surface area contributed by atoms with Crippen molar-refractivity contribution in [3.8, 4) is 0 Å². The van der Waals surface area contributed by atoms with Crippen LogP contribution in [-0.2, 0) is 21.4 Å². The van der Waals surface area contributed by atoms with Crippen molar-refractivity contribution < 1.29 is 14.3 Å². The molecule has 0 radical (unpaired) electrons. The van der Waals surface area contributed by atoms with Crippen LogP contribution in [0.4, 0.5) is 0 Å². The van der Waals surface area contributed by atoms with Gasteiger partial charge in [-0.15, -0.1) is 0 Å². The normalized spacial score (nSPS) is 20.7. The second-order valence-electron chi connectivity index (χ2n) is 9.11. The van der Waals surface area contributed by atoms with Crippen molar-refractivity contribution >= 4 is 11.8 Å². The Hall–Kier alpha value is -3.51. The van der Waals surface area contributed by atoms with Crippen molar-refractivity contribution in [1.82, 2.24) is 15.2 Å². The van der Waals surface area contributed by atoms with Gasteiger partial charge in [-0.1, -0.05) is 60.7 Å². The highest BCUT2D eigenvalue weighted by molar-refractivity contribution is 5.92. The highest BCUT2D eigenvalue weighted by Gasteiger charge is 2.54. The quantitative estimate of drug-likeness (QED) is 0.637. The van der Waals surface area contributed by atoms with Crippen LogP contribution >= 0.6 is 0 Å². The Bertz CT molecular complexity index is 1160. The smallest absolute Gasteiger partial charge is 0.272 e. The number of nitrogens with one attached hydrogen (secondary N) is 1. The van der Waals surface area contributed by atoms with E-state index in [4.69, 9.17) is 4.74 Å². The standard InChI is InChI=1S/C28H29N3O3/c1-34-26-25(30-24(32)19-20-9-3-2-4-10-20)21-11-5-6-12-22(21)28(26)14-17-31(18-15-28)27(33)23-13-7-8-16-29-23/h2-13,16,25-26H,14-15,17-19H2,1H3,(H,30,32)/t25-,26+/m1/s1. The molecule has 6 heteroatoms. The summed E-state index contributed by atoms with van der Waals surface area (Å²) in [5.41, 5.74) is 3.53. The number of piperidine rings is 1. The third kappa shape index (κ3) is 3.99. The lowest BCUT2D eigenvalue weighted by Crippen LogP contribution is -2.51. The van der Waals surface area contributed by atoms with E-state index in [2.05, 4.69) is 22.4 Å². The molecule has 1 fully saturated rings. The summed E-state index contributed by atoms with van der Waals surface area (Å²) in [5.74, 6) is -0.0590. The fourth-order valence-corrected chi connectivity index (χ4v) is 5.69. The molecule has 0 bridgehead atoms. The van der Waals surface area contributed by atoms with Crippen molar-refractivity contribution in [3.63, 3.8) is 0 Å². The van der Waals surface area contributed by atoms with Gasteiger partial charge in [-0.2, -0.15) is 0 Å². The van der Waals surface area contributed by atoms with Gasteiger partial charge in [0, 0.05) is 31.8 Å². The molecule has 3 aromatic rings. The van der Waals surface area contributed by atoms with Crippen molar-refractivity contribution in [2.45, 2.75) is 36.8 Å². The van der Waals surface area contributed by atoms with Crippen LogP contribution in [0.15, 0.2) is 79.0 Å². The summed E-state index contributed by atoms with van der Waals surface area (Å²) in [6.07, 6.45) is 3.32. The third-order valence-electron chi connectivity index (χ3n) is 7.28. The van der Waals surface area contributed by atoms with Crippen LogP contribution in [0, 0.1) is 0 Å². The van der Waals surface area contributed by atoms with E-state index in [0.29, 0.717) is 25.2 Å². The average Bonchev–Trinajstić information content (AvgIpc) is 3.13. The molecule has 174 valence electrons. The number of fused-ring (bicyclic) bond motifs is 2. The Morgan fingerprint density at radius 2 is 1.71 bits per heavy atom. The number of hydrogen-bond acceptors (Lipinski definition) is 4. The summed E-state index contributed by atoms with van der Waals surface area (Å²) >= 11 is 0. The zero-order chi connectivity index (χ0) is 23.5. The van der Waals surface area contributed by atoms with Gasteiger partial charge in [0.15, 0.2) is 0 Å². The Labute approximate surface area is 200 Å². The molecule has 6 nitrogen and oxygen atoms in total. The summed E-state index contributed by atoms with van der Waals surface area (Å²) in [5, 5.41) is 3.26. The van der Waals surface area contributed by atoms with Gasteiger partial charge < -0.3 is 15.0 Å². The Morgan fingerprint density at radius 1 is 1.00 bits per heavy atom. The number of rotatable bonds is 5. The lowest BCUT2D eigenvalue weighted by atomic mass is 9.71. The Balaban J connectivity index is 1.37. The molecule has 34 heavy (non-hydrogen) atoms. The lowest BCUT2D eigenvalue weighted by Gasteiger charge is -2.44. The second kappa shape index (κ2) is 9.39. The number of ether oxygens (including phenoxy) is 1. The predicted molar refractivity (Wildman–Crippen MR) is 129 cm³/mol. The number of hydrogen-bond donors (Lipinski definition) is 1. The van der Waals surface area contributed by atoms with E-state index in [1.165, 1.54) is 5.56 Å². The molecule has 1 spiro atoms. The molecule has 2 heterocycles. The monoisotopic (exact) mass is 455 g/mol. The predicted octanol–water partition coefficient (Wildman–Crippen LogP) is 3.68. The molecule has 1 aliphatic carbocycles. The van der Waals surface area contributed by atoms with Crippen molar-refractivity contribution in [3.05, 3.63) is 101 Å². The molecule has 1 aromatic heterocycles. The first kappa shape index (κ1) is 22.3.